The van der Waals surface area contributed by atoms with Crippen LogP contribution in [0.1, 0.15) is 42.6 Å². The quantitative estimate of drug-likeness (QED) is 0.443. The van der Waals surface area contributed by atoms with Gasteiger partial charge in [0, 0.05) is 16.8 Å². The van der Waals surface area contributed by atoms with E-state index in [9.17, 15) is 9.59 Å². The molecule has 0 aliphatic carbocycles. The summed E-state index contributed by atoms with van der Waals surface area (Å²) < 4.78 is 0. The number of aromatic nitrogens is 2. The highest BCUT2D eigenvalue weighted by atomic mass is 35.5. The predicted molar refractivity (Wildman–Crippen MR) is 133 cm³/mol. The van der Waals surface area contributed by atoms with E-state index < -0.39 is 0 Å². The van der Waals surface area contributed by atoms with Crippen molar-refractivity contribution in [1.82, 2.24) is 15.3 Å². The number of rotatable bonds is 7. The molecular weight excluding hydrogens is 473 g/mol. The number of hydrogen-bond donors (Lipinski definition) is 2. The molecule has 3 aromatic rings. The van der Waals surface area contributed by atoms with Crippen LogP contribution in [0.3, 0.4) is 0 Å². The number of carbonyl (C=O) groups is 1. The maximum absolute atomic E-state index is 12.6. The zero-order chi connectivity index (χ0) is 22.9. The van der Waals surface area contributed by atoms with Gasteiger partial charge in [0.1, 0.15) is 10.7 Å². The van der Waals surface area contributed by atoms with Crippen LogP contribution in [-0.4, -0.2) is 27.7 Å². The van der Waals surface area contributed by atoms with Crippen LogP contribution in [0.15, 0.2) is 23.0 Å². The molecule has 1 unspecified atom stereocenters. The maximum atomic E-state index is 12.6. The molecule has 0 bridgehead atoms. The summed E-state index contributed by atoms with van der Waals surface area (Å²) in [6.45, 7) is 10.3. The Morgan fingerprint density at radius 1 is 1.29 bits per heavy atom. The Labute approximate surface area is 200 Å². The van der Waals surface area contributed by atoms with Crippen LogP contribution in [-0.2, 0) is 16.0 Å². The van der Waals surface area contributed by atoms with E-state index in [0.29, 0.717) is 33.6 Å². The van der Waals surface area contributed by atoms with Crippen molar-refractivity contribution >= 4 is 62.4 Å². The minimum absolute atomic E-state index is 0.0654. The Bertz CT molecular complexity index is 1190. The van der Waals surface area contributed by atoms with Crippen molar-refractivity contribution in [2.45, 2.75) is 51.0 Å². The van der Waals surface area contributed by atoms with E-state index in [1.807, 2.05) is 46.8 Å². The second kappa shape index (κ2) is 9.53. The first kappa shape index (κ1) is 24.1. The molecule has 0 aliphatic heterocycles. The number of nitrogens with zero attached hydrogens (tertiary/aromatic N) is 1. The zero-order valence-corrected chi connectivity index (χ0v) is 21.2. The van der Waals surface area contributed by atoms with E-state index in [1.165, 1.54) is 23.1 Å². The van der Waals surface area contributed by atoms with Crippen LogP contribution in [0.5, 0.6) is 0 Å². The Morgan fingerprint density at radius 2 is 2.00 bits per heavy atom. The molecule has 9 heteroatoms. The van der Waals surface area contributed by atoms with Crippen LogP contribution in [0, 0.1) is 13.8 Å². The number of aromatic amines is 1. The average molecular weight is 499 g/mol. The Kier molecular flexibility index (Phi) is 7.41. The third kappa shape index (κ3) is 5.45. The molecule has 3 rings (SSSR count). The van der Waals surface area contributed by atoms with Gasteiger partial charge in [0.2, 0.25) is 5.91 Å². The highest BCUT2D eigenvalue weighted by Gasteiger charge is 2.24. The predicted octanol–water partition coefficient (Wildman–Crippen LogP) is 5.62. The summed E-state index contributed by atoms with van der Waals surface area (Å²) >= 11 is 15.1. The number of hydrogen-bond acceptors (Lipinski definition) is 5. The summed E-state index contributed by atoms with van der Waals surface area (Å²) in [4.78, 5) is 34.3. The number of amides is 1. The van der Waals surface area contributed by atoms with Gasteiger partial charge in [0.05, 0.1) is 26.4 Å². The topological polar surface area (TPSA) is 74.8 Å². The van der Waals surface area contributed by atoms with E-state index in [1.54, 1.807) is 6.07 Å². The van der Waals surface area contributed by atoms with Crippen LogP contribution in [0.25, 0.3) is 10.2 Å². The maximum Gasteiger partial charge on any atom is 0.259 e. The molecule has 1 amide bonds. The summed E-state index contributed by atoms with van der Waals surface area (Å²) in [5, 5.41) is 4.39. The van der Waals surface area contributed by atoms with Gasteiger partial charge in [-0.3, -0.25) is 9.59 Å². The van der Waals surface area contributed by atoms with Crippen molar-refractivity contribution in [1.29, 1.82) is 0 Å². The molecule has 2 N–H and O–H groups in total. The first-order chi connectivity index (χ1) is 14.5. The van der Waals surface area contributed by atoms with Crippen molar-refractivity contribution in [2.24, 2.45) is 0 Å². The minimum atomic E-state index is -0.305. The number of H-pyrrole nitrogens is 1. The Morgan fingerprint density at radius 3 is 2.68 bits per heavy atom. The van der Waals surface area contributed by atoms with Crippen LogP contribution < -0.4 is 10.9 Å². The molecule has 0 saturated carbocycles. The van der Waals surface area contributed by atoms with Crippen molar-refractivity contribution in [2.75, 3.05) is 6.54 Å². The van der Waals surface area contributed by atoms with Crippen molar-refractivity contribution in [3.8, 4) is 0 Å². The molecule has 31 heavy (non-hydrogen) atoms. The lowest BCUT2D eigenvalue weighted by molar-refractivity contribution is -0.120. The lowest BCUT2D eigenvalue weighted by atomic mass is 9.84. The normalized spacial score (nSPS) is 12.9. The zero-order valence-electron chi connectivity index (χ0n) is 18.1. The highest BCUT2D eigenvalue weighted by Crippen LogP contribution is 2.30. The van der Waals surface area contributed by atoms with E-state index in [0.717, 1.165) is 20.8 Å². The highest BCUT2D eigenvalue weighted by molar-refractivity contribution is 7.99. The number of halogens is 2. The van der Waals surface area contributed by atoms with Crippen molar-refractivity contribution in [3.05, 3.63) is 60.4 Å². The summed E-state index contributed by atoms with van der Waals surface area (Å²) in [7, 11) is 0. The van der Waals surface area contributed by atoms with Crippen molar-refractivity contribution < 1.29 is 4.79 Å². The number of nitrogens with one attached hydrogen (secondary N) is 2. The van der Waals surface area contributed by atoms with Crippen LogP contribution >= 0.6 is 46.3 Å². The fourth-order valence-corrected chi connectivity index (χ4v) is 5.24. The SMILES string of the molecule is Cc1sc2nc(CSC(C)C(=O)NCC(C)(C)c3ccc(Cl)c(Cl)c3)[nH]c(=O)c2c1C. The molecule has 0 radical (unpaired) electrons. The van der Waals surface area contributed by atoms with Gasteiger partial charge >= 0.3 is 0 Å². The third-order valence-corrected chi connectivity index (χ3v) is 8.33. The molecular formula is C22H25Cl2N3O2S2. The van der Waals surface area contributed by atoms with Crippen LogP contribution in [0.4, 0.5) is 0 Å². The van der Waals surface area contributed by atoms with Crippen molar-refractivity contribution in [3.63, 3.8) is 0 Å². The summed E-state index contributed by atoms with van der Waals surface area (Å²) in [6, 6.07) is 5.52. The molecule has 1 atom stereocenters. The number of aryl methyl sites for hydroxylation is 2. The Balaban J connectivity index is 1.60. The first-order valence-corrected chi connectivity index (χ1v) is 12.5. The standard InChI is InChI=1S/C22H25Cl2N3O2S2/c1-11-12(2)31-21-18(11)20(29)26-17(27-21)9-30-13(3)19(28)25-10-22(4,5)14-6-7-15(23)16(24)8-14/h6-8,13H,9-10H2,1-5H3,(H,25,28)(H,26,27,29). The second-order valence-electron chi connectivity index (χ2n) is 8.16. The number of carbonyl (C=O) groups excluding carboxylic acids is 1. The molecule has 0 saturated heterocycles. The fourth-order valence-electron chi connectivity index (χ4n) is 3.12. The third-order valence-electron chi connectivity index (χ3n) is 5.33. The fraction of sp³-hybridized carbons (Fsp3) is 0.409. The van der Waals surface area contributed by atoms with Gasteiger partial charge < -0.3 is 10.3 Å². The molecule has 0 fully saturated rings. The monoisotopic (exact) mass is 497 g/mol. The lowest BCUT2D eigenvalue weighted by Gasteiger charge is -2.27. The number of benzene rings is 1. The molecule has 166 valence electrons. The van der Waals surface area contributed by atoms with Gasteiger partial charge in [0.15, 0.2) is 0 Å². The number of fused-ring (bicyclic) bond motifs is 1. The van der Waals surface area contributed by atoms with Gasteiger partial charge in [-0.15, -0.1) is 23.1 Å². The van der Waals surface area contributed by atoms with E-state index >= 15 is 0 Å². The van der Waals surface area contributed by atoms with Gasteiger partial charge in [-0.25, -0.2) is 4.98 Å². The number of thiophene rings is 1. The van der Waals surface area contributed by atoms with Gasteiger partial charge in [0.25, 0.3) is 5.56 Å². The molecule has 0 aliphatic rings. The largest absolute Gasteiger partial charge is 0.354 e. The summed E-state index contributed by atoms with van der Waals surface area (Å²) in [5.74, 6) is 0.968. The molecule has 5 nitrogen and oxygen atoms in total. The number of thioether (sulfide) groups is 1. The molecule has 1 aromatic carbocycles. The van der Waals surface area contributed by atoms with E-state index in [-0.39, 0.29) is 22.1 Å². The van der Waals surface area contributed by atoms with Gasteiger partial charge in [-0.05, 0) is 44.0 Å². The van der Waals surface area contributed by atoms with E-state index in [4.69, 9.17) is 23.2 Å². The van der Waals surface area contributed by atoms with Crippen LogP contribution in [0.2, 0.25) is 10.0 Å². The minimum Gasteiger partial charge on any atom is -0.354 e. The Hall–Kier alpha value is -1.54. The van der Waals surface area contributed by atoms with E-state index in [2.05, 4.69) is 15.3 Å². The second-order valence-corrected chi connectivity index (χ2v) is 11.5. The molecule has 2 aromatic heterocycles. The first-order valence-electron chi connectivity index (χ1n) is 9.83. The summed E-state index contributed by atoms with van der Waals surface area (Å²) in [5.41, 5.74) is 1.55. The smallest absolute Gasteiger partial charge is 0.259 e. The van der Waals surface area contributed by atoms with Gasteiger partial charge in [-0.1, -0.05) is 43.1 Å². The summed E-state index contributed by atoms with van der Waals surface area (Å²) in [6.07, 6.45) is 0. The van der Waals surface area contributed by atoms with Gasteiger partial charge in [-0.2, -0.15) is 0 Å². The molecule has 0 spiro atoms. The lowest BCUT2D eigenvalue weighted by Crippen LogP contribution is -2.40. The molecule has 2 heterocycles. The average Bonchev–Trinajstić information content (AvgIpc) is 3.00.